The molecular formula is C32H38N2O3. The van der Waals surface area contributed by atoms with Crippen LogP contribution in [0.15, 0.2) is 66.7 Å². The maximum Gasteiger partial charge on any atom is 0.119 e. The van der Waals surface area contributed by atoms with Crippen LogP contribution in [0.25, 0.3) is 22.2 Å². The molecule has 2 heterocycles. The molecule has 0 bridgehead atoms. The van der Waals surface area contributed by atoms with Crippen molar-refractivity contribution in [2.24, 2.45) is 0 Å². The molecule has 0 amide bonds. The zero-order valence-electron chi connectivity index (χ0n) is 22.3. The quantitative estimate of drug-likeness (QED) is 0.250. The molecule has 0 radical (unpaired) electrons. The molecular weight excluding hydrogens is 460 g/mol. The number of fused-ring (bicyclic) bond motifs is 1. The Labute approximate surface area is 220 Å². The van der Waals surface area contributed by atoms with Gasteiger partial charge in [-0.2, -0.15) is 0 Å². The van der Waals surface area contributed by atoms with Crippen molar-refractivity contribution in [2.75, 3.05) is 40.5 Å². The van der Waals surface area contributed by atoms with Gasteiger partial charge in [-0.3, -0.25) is 4.90 Å². The molecule has 0 aliphatic carbocycles. The number of likely N-dealkylation sites (tertiary alicyclic amines) is 1. The smallest absolute Gasteiger partial charge is 0.119 e. The summed E-state index contributed by atoms with van der Waals surface area (Å²) in [6, 6.07) is 23.2. The van der Waals surface area contributed by atoms with Gasteiger partial charge in [0, 0.05) is 29.6 Å². The second kappa shape index (κ2) is 11.7. The Morgan fingerprint density at radius 2 is 1.46 bits per heavy atom. The van der Waals surface area contributed by atoms with Crippen molar-refractivity contribution in [2.45, 2.75) is 39.2 Å². The maximum absolute atomic E-state index is 6.10. The fourth-order valence-electron chi connectivity index (χ4n) is 5.46. The predicted octanol–water partition coefficient (Wildman–Crippen LogP) is 6.94. The Kier molecular flexibility index (Phi) is 8.00. The summed E-state index contributed by atoms with van der Waals surface area (Å²) in [5.41, 5.74) is 5.99. The molecule has 0 atom stereocenters. The Morgan fingerprint density at radius 3 is 2.19 bits per heavy atom. The van der Waals surface area contributed by atoms with E-state index in [2.05, 4.69) is 64.9 Å². The number of benzene rings is 3. The number of hydrogen-bond donors (Lipinski definition) is 0. The van der Waals surface area contributed by atoms with Crippen molar-refractivity contribution in [3.8, 4) is 28.5 Å². The first-order chi connectivity index (χ1) is 18.2. The number of ether oxygens (including phenoxy) is 3. The van der Waals surface area contributed by atoms with Crippen molar-refractivity contribution in [1.82, 2.24) is 9.47 Å². The van der Waals surface area contributed by atoms with E-state index in [9.17, 15) is 0 Å². The molecule has 0 N–H and O–H groups in total. The first-order valence-corrected chi connectivity index (χ1v) is 13.4. The van der Waals surface area contributed by atoms with E-state index in [-0.39, 0.29) is 0 Å². The van der Waals surface area contributed by atoms with Crippen molar-refractivity contribution in [1.29, 1.82) is 0 Å². The van der Waals surface area contributed by atoms with Crippen LogP contribution in [0.5, 0.6) is 17.2 Å². The van der Waals surface area contributed by atoms with Gasteiger partial charge in [-0.05, 0) is 86.4 Å². The van der Waals surface area contributed by atoms with Crippen LogP contribution in [0.4, 0.5) is 0 Å². The summed E-state index contributed by atoms with van der Waals surface area (Å²) >= 11 is 0. The highest BCUT2D eigenvalue weighted by Gasteiger charge is 2.17. The van der Waals surface area contributed by atoms with Crippen LogP contribution in [-0.2, 0) is 6.54 Å². The lowest BCUT2D eigenvalue weighted by Gasteiger charge is -2.19. The topological polar surface area (TPSA) is 35.9 Å². The molecule has 1 aliphatic heterocycles. The van der Waals surface area contributed by atoms with E-state index in [1.165, 1.54) is 66.5 Å². The number of rotatable bonds is 9. The Balaban J connectivity index is 1.38. The van der Waals surface area contributed by atoms with Gasteiger partial charge in [-0.1, -0.05) is 37.1 Å². The zero-order valence-corrected chi connectivity index (χ0v) is 22.3. The highest BCUT2D eigenvalue weighted by molar-refractivity contribution is 5.92. The third-order valence-corrected chi connectivity index (χ3v) is 7.51. The second-order valence-corrected chi connectivity index (χ2v) is 9.92. The third-order valence-electron chi connectivity index (χ3n) is 7.51. The van der Waals surface area contributed by atoms with Gasteiger partial charge in [-0.25, -0.2) is 0 Å². The van der Waals surface area contributed by atoms with Gasteiger partial charge < -0.3 is 18.8 Å². The summed E-state index contributed by atoms with van der Waals surface area (Å²) in [5, 5.41) is 1.20. The minimum atomic E-state index is 0.739. The van der Waals surface area contributed by atoms with Gasteiger partial charge in [0.2, 0.25) is 0 Å². The second-order valence-electron chi connectivity index (χ2n) is 9.92. The summed E-state index contributed by atoms with van der Waals surface area (Å²) in [6.45, 7) is 7.10. The third kappa shape index (κ3) is 5.78. The average molecular weight is 499 g/mol. The van der Waals surface area contributed by atoms with Crippen molar-refractivity contribution in [3.63, 3.8) is 0 Å². The van der Waals surface area contributed by atoms with E-state index in [4.69, 9.17) is 14.2 Å². The van der Waals surface area contributed by atoms with Crippen LogP contribution < -0.4 is 14.2 Å². The highest BCUT2D eigenvalue weighted by Crippen LogP contribution is 2.37. The van der Waals surface area contributed by atoms with Crippen LogP contribution in [0.2, 0.25) is 0 Å². The molecule has 37 heavy (non-hydrogen) atoms. The summed E-state index contributed by atoms with van der Waals surface area (Å²) in [6.07, 6.45) is 5.35. The maximum atomic E-state index is 6.10. The molecule has 1 aliphatic rings. The number of nitrogens with zero attached hydrogens (tertiary/aromatic N) is 2. The lowest BCUT2D eigenvalue weighted by atomic mass is 10.1. The molecule has 4 aromatic rings. The minimum Gasteiger partial charge on any atom is -0.497 e. The van der Waals surface area contributed by atoms with Gasteiger partial charge in [-0.15, -0.1) is 0 Å². The minimum absolute atomic E-state index is 0.739. The molecule has 1 aromatic heterocycles. The van der Waals surface area contributed by atoms with E-state index < -0.39 is 0 Å². The van der Waals surface area contributed by atoms with E-state index in [1.54, 1.807) is 14.2 Å². The number of aromatic nitrogens is 1. The summed E-state index contributed by atoms with van der Waals surface area (Å²) in [7, 11) is 3.43. The molecule has 0 saturated carbocycles. The summed E-state index contributed by atoms with van der Waals surface area (Å²) < 4.78 is 19.6. The Morgan fingerprint density at radius 1 is 0.757 bits per heavy atom. The first kappa shape index (κ1) is 25.2. The molecule has 194 valence electrons. The highest BCUT2D eigenvalue weighted by atomic mass is 16.5. The molecule has 5 nitrogen and oxygen atoms in total. The van der Waals surface area contributed by atoms with Crippen molar-refractivity contribution < 1.29 is 14.2 Å². The van der Waals surface area contributed by atoms with Crippen molar-refractivity contribution in [3.05, 3.63) is 77.9 Å². The molecule has 0 unspecified atom stereocenters. The lowest BCUT2D eigenvalue weighted by Crippen LogP contribution is -2.29. The number of hydrogen-bond acceptors (Lipinski definition) is 4. The lowest BCUT2D eigenvalue weighted by molar-refractivity contribution is 0.214. The van der Waals surface area contributed by atoms with Crippen LogP contribution in [0, 0.1) is 6.92 Å². The standard InChI is InChI=1S/C32H38N2O3/c1-24-30-22-29(36-3)15-16-31(30)34(32(24)26-9-8-10-28(21-26)35-2)23-25-11-13-27(14-12-25)37-20-19-33-17-6-4-5-7-18-33/h8-16,21-22H,4-7,17-20,23H2,1-3H3. The SMILES string of the molecule is COc1cccc(-c2c(C)c3cc(OC)ccc3n2Cc2ccc(OCCN3CCCCCC3)cc2)c1. The van der Waals surface area contributed by atoms with Gasteiger partial charge >= 0.3 is 0 Å². The number of methoxy groups -OCH3 is 2. The monoisotopic (exact) mass is 498 g/mol. The Hall–Kier alpha value is -3.44. The van der Waals surface area contributed by atoms with Crippen LogP contribution in [0.3, 0.4) is 0 Å². The Bertz CT molecular complexity index is 1320. The fourth-order valence-corrected chi connectivity index (χ4v) is 5.46. The van der Waals surface area contributed by atoms with E-state index in [0.717, 1.165) is 42.5 Å². The predicted molar refractivity (Wildman–Crippen MR) is 151 cm³/mol. The van der Waals surface area contributed by atoms with Crippen LogP contribution >= 0.6 is 0 Å². The van der Waals surface area contributed by atoms with E-state index >= 15 is 0 Å². The van der Waals surface area contributed by atoms with Gasteiger partial charge in [0.25, 0.3) is 0 Å². The fraction of sp³-hybridized carbons (Fsp3) is 0.375. The van der Waals surface area contributed by atoms with E-state index in [1.807, 2.05) is 18.2 Å². The first-order valence-electron chi connectivity index (χ1n) is 13.4. The summed E-state index contributed by atoms with van der Waals surface area (Å²) in [4.78, 5) is 2.54. The van der Waals surface area contributed by atoms with Gasteiger partial charge in [0.15, 0.2) is 0 Å². The van der Waals surface area contributed by atoms with Crippen LogP contribution in [-0.4, -0.2) is 49.9 Å². The van der Waals surface area contributed by atoms with E-state index in [0.29, 0.717) is 0 Å². The van der Waals surface area contributed by atoms with Gasteiger partial charge in [0.05, 0.1) is 19.9 Å². The molecule has 1 fully saturated rings. The molecule has 0 spiro atoms. The molecule has 5 rings (SSSR count). The number of aryl methyl sites for hydroxylation is 1. The summed E-state index contributed by atoms with van der Waals surface area (Å²) in [5.74, 6) is 2.66. The normalized spacial score (nSPS) is 14.5. The molecule has 3 aromatic carbocycles. The molecule has 1 saturated heterocycles. The van der Waals surface area contributed by atoms with Crippen LogP contribution in [0.1, 0.15) is 36.8 Å². The van der Waals surface area contributed by atoms with Gasteiger partial charge in [0.1, 0.15) is 23.9 Å². The average Bonchev–Trinajstić information content (AvgIpc) is 3.08. The van der Waals surface area contributed by atoms with Crippen molar-refractivity contribution >= 4 is 10.9 Å². The zero-order chi connectivity index (χ0) is 25.6. The molecule has 5 heteroatoms. The largest absolute Gasteiger partial charge is 0.497 e.